The topological polar surface area (TPSA) is 149 Å². The summed E-state index contributed by atoms with van der Waals surface area (Å²) in [6, 6.07) is 6.94. The Balaban J connectivity index is 1.86. The zero-order chi connectivity index (χ0) is 27.1. The lowest BCUT2D eigenvalue weighted by Crippen LogP contribution is -2.49. The van der Waals surface area contributed by atoms with Gasteiger partial charge in [0.05, 0.1) is 14.1 Å². The van der Waals surface area contributed by atoms with Crippen LogP contribution in [0.15, 0.2) is 52.0 Å². The maximum absolute atomic E-state index is 14.3. The number of carboxylic acid groups (broad SMARTS) is 1. The van der Waals surface area contributed by atoms with E-state index < -0.39 is 39.3 Å². The normalized spacial score (nSPS) is 11.9. The minimum absolute atomic E-state index is 0.0127. The first-order valence-corrected chi connectivity index (χ1v) is 11.0. The second-order valence-corrected chi connectivity index (χ2v) is 9.51. The van der Waals surface area contributed by atoms with Crippen molar-refractivity contribution in [2.24, 2.45) is 0 Å². The number of fused-ring (bicyclic) bond motifs is 1. The number of anilines is 2. The molecular formula is C24H24FN6O6+. The van der Waals surface area contributed by atoms with Gasteiger partial charge in [0, 0.05) is 18.5 Å². The molecule has 0 unspecified atom stereocenters. The van der Waals surface area contributed by atoms with E-state index in [2.05, 4.69) is 20.4 Å². The first-order valence-electron chi connectivity index (χ1n) is 11.0. The number of halogens is 1. The van der Waals surface area contributed by atoms with Gasteiger partial charge in [-0.15, -0.1) is 0 Å². The highest BCUT2D eigenvalue weighted by Crippen LogP contribution is 2.34. The summed E-state index contributed by atoms with van der Waals surface area (Å²) in [7, 11) is 3.06. The van der Waals surface area contributed by atoms with Gasteiger partial charge in [0.25, 0.3) is 11.3 Å². The Morgan fingerprint density at radius 3 is 2.57 bits per heavy atom. The number of carbonyl (C=O) groups is 2. The average Bonchev–Trinajstić information content (AvgIpc) is 3.23. The van der Waals surface area contributed by atoms with Crippen LogP contribution >= 0.6 is 0 Å². The lowest BCUT2D eigenvalue weighted by Gasteiger charge is -2.29. The summed E-state index contributed by atoms with van der Waals surface area (Å²) >= 11 is 0. The summed E-state index contributed by atoms with van der Waals surface area (Å²) in [5.74, 6) is -2.86. The number of amides is 1. The summed E-state index contributed by atoms with van der Waals surface area (Å²) < 4.78 is 25.3. The highest BCUT2D eigenvalue weighted by Gasteiger charge is 2.39. The summed E-state index contributed by atoms with van der Waals surface area (Å²) in [6.07, 6.45) is 2.05. The molecule has 12 nitrogen and oxygen atoms in total. The Bertz CT molecular complexity index is 1590. The summed E-state index contributed by atoms with van der Waals surface area (Å²) in [6.45, 7) is 5.14. The minimum Gasteiger partial charge on any atom is -0.475 e. The molecule has 4 rings (SSSR count). The zero-order valence-corrected chi connectivity index (χ0v) is 20.6. The van der Waals surface area contributed by atoms with Crippen LogP contribution in [0.2, 0.25) is 0 Å². The number of aromatic carboxylic acids is 1. The Morgan fingerprint density at radius 1 is 1.19 bits per heavy atom. The highest BCUT2D eigenvalue weighted by molar-refractivity contribution is 6.04. The number of aromatic nitrogens is 4. The lowest BCUT2D eigenvalue weighted by atomic mass is 10.2. The van der Waals surface area contributed by atoms with Crippen molar-refractivity contribution in [3.05, 3.63) is 64.7 Å². The van der Waals surface area contributed by atoms with E-state index in [4.69, 9.17) is 9.26 Å². The van der Waals surface area contributed by atoms with Crippen LogP contribution in [0, 0.1) is 5.82 Å². The Morgan fingerprint density at radius 2 is 1.92 bits per heavy atom. The largest absolute Gasteiger partial charge is 0.521 e. The van der Waals surface area contributed by atoms with Gasteiger partial charge in [0.1, 0.15) is 17.1 Å². The molecule has 4 heterocycles. The summed E-state index contributed by atoms with van der Waals surface area (Å²) in [5, 5.41) is 16.2. The molecule has 0 aliphatic heterocycles. The maximum atomic E-state index is 14.3. The predicted octanol–water partition coefficient (Wildman–Crippen LogP) is 3.85. The van der Waals surface area contributed by atoms with Gasteiger partial charge in [-0.1, -0.05) is 5.16 Å². The average molecular weight is 511 g/mol. The lowest BCUT2D eigenvalue weighted by molar-refractivity contribution is 0.0349. The van der Waals surface area contributed by atoms with Crippen LogP contribution in [0.5, 0.6) is 0 Å². The number of carboxylic acids is 1. The van der Waals surface area contributed by atoms with Crippen LogP contribution in [0.1, 0.15) is 31.3 Å². The fourth-order valence-electron chi connectivity index (χ4n) is 3.46. The quantitative estimate of drug-likeness (QED) is 0.378. The molecule has 0 atom stereocenters. The minimum atomic E-state index is -1.42. The standard InChI is InChI=1S/C24H23FN6O6/c1-24(2,3)36-23(35)31(4,5)15-12-16(28-18-17(15)29-37-19(18)22(33)34)27-14-9-7-11-30(21(14)32)20-13(25)8-6-10-26-20/h6-12H,1-5H3,(H-,27,28,33,34)/p+1. The molecule has 1 amide bonds. The number of nitrogens with one attached hydrogen (secondary N) is 1. The van der Waals surface area contributed by atoms with Crippen LogP contribution in [-0.4, -0.2) is 56.6 Å². The third-order valence-electron chi connectivity index (χ3n) is 5.24. The smallest absolute Gasteiger partial charge is 0.475 e. The van der Waals surface area contributed by atoms with Crippen molar-refractivity contribution in [1.82, 2.24) is 24.2 Å². The first-order chi connectivity index (χ1) is 17.3. The van der Waals surface area contributed by atoms with E-state index in [0.29, 0.717) is 0 Å². The predicted molar refractivity (Wildman–Crippen MR) is 132 cm³/mol. The molecule has 0 fully saturated rings. The third-order valence-corrected chi connectivity index (χ3v) is 5.24. The molecule has 0 saturated carbocycles. The second-order valence-electron chi connectivity index (χ2n) is 9.51. The van der Waals surface area contributed by atoms with Crippen molar-refractivity contribution in [2.75, 3.05) is 19.4 Å². The van der Waals surface area contributed by atoms with Crippen molar-refractivity contribution in [2.45, 2.75) is 26.4 Å². The maximum Gasteiger partial charge on any atom is 0.521 e. The SMILES string of the molecule is CC(C)(C)OC(=O)[N+](C)(C)c1cc(Nc2cccn(-c3ncccc3F)c2=O)nc2c(C(=O)O)onc12. The van der Waals surface area contributed by atoms with E-state index in [0.717, 1.165) is 4.57 Å². The van der Waals surface area contributed by atoms with E-state index in [1.807, 2.05) is 0 Å². The summed E-state index contributed by atoms with van der Waals surface area (Å²) in [5.41, 5.74) is -1.38. The van der Waals surface area contributed by atoms with Crippen molar-refractivity contribution < 1.29 is 28.3 Å². The zero-order valence-electron chi connectivity index (χ0n) is 20.6. The van der Waals surface area contributed by atoms with Gasteiger partial charge in [-0.3, -0.25) is 9.36 Å². The molecule has 0 aromatic carbocycles. The van der Waals surface area contributed by atoms with Gasteiger partial charge in [-0.05, 0) is 45.0 Å². The molecule has 2 N–H and O–H groups in total. The van der Waals surface area contributed by atoms with Crippen LogP contribution in [0.4, 0.5) is 26.4 Å². The third kappa shape index (κ3) is 4.89. The Kier molecular flexibility index (Phi) is 6.25. The van der Waals surface area contributed by atoms with Crippen molar-refractivity contribution in [3.8, 4) is 5.82 Å². The van der Waals surface area contributed by atoms with Gasteiger partial charge >= 0.3 is 12.1 Å². The van der Waals surface area contributed by atoms with E-state index in [-0.39, 0.29) is 34.0 Å². The van der Waals surface area contributed by atoms with E-state index >= 15 is 0 Å². The van der Waals surface area contributed by atoms with Gasteiger partial charge in [-0.25, -0.2) is 19.2 Å². The van der Waals surface area contributed by atoms with Gasteiger partial charge < -0.3 is 19.7 Å². The fraction of sp³-hybridized carbons (Fsp3) is 0.250. The second kappa shape index (κ2) is 9.09. The molecule has 0 bridgehead atoms. The van der Waals surface area contributed by atoms with Crippen molar-refractivity contribution in [3.63, 3.8) is 0 Å². The van der Waals surface area contributed by atoms with Crippen LogP contribution in [0.25, 0.3) is 16.9 Å². The molecule has 4 aromatic rings. The number of carbonyl (C=O) groups excluding carboxylic acids is 1. The highest BCUT2D eigenvalue weighted by atomic mass is 19.1. The molecule has 13 heteroatoms. The van der Waals surface area contributed by atoms with Crippen molar-refractivity contribution in [1.29, 1.82) is 0 Å². The summed E-state index contributed by atoms with van der Waals surface area (Å²) in [4.78, 5) is 46.1. The van der Waals surface area contributed by atoms with Crippen LogP contribution in [-0.2, 0) is 4.74 Å². The van der Waals surface area contributed by atoms with Crippen LogP contribution in [0.3, 0.4) is 0 Å². The first kappa shape index (κ1) is 25.4. The molecule has 0 radical (unpaired) electrons. The number of quaternary nitrogens is 1. The molecular weight excluding hydrogens is 487 g/mol. The monoisotopic (exact) mass is 511 g/mol. The number of hydrogen-bond donors (Lipinski definition) is 2. The molecule has 192 valence electrons. The fourth-order valence-corrected chi connectivity index (χ4v) is 3.46. The van der Waals surface area contributed by atoms with Crippen LogP contribution < -0.4 is 15.4 Å². The number of pyridine rings is 3. The molecule has 4 aromatic heterocycles. The van der Waals surface area contributed by atoms with E-state index in [9.17, 15) is 23.9 Å². The van der Waals surface area contributed by atoms with Gasteiger partial charge in [0.2, 0.25) is 0 Å². The number of nitrogens with zero attached hydrogens (tertiary/aromatic N) is 5. The van der Waals surface area contributed by atoms with Gasteiger partial charge in [0.15, 0.2) is 28.4 Å². The Labute approximate surface area is 209 Å². The molecule has 0 saturated heterocycles. The Hall–Kier alpha value is -4.65. The van der Waals surface area contributed by atoms with E-state index in [1.165, 1.54) is 56.8 Å². The molecule has 0 spiro atoms. The molecule has 37 heavy (non-hydrogen) atoms. The van der Waals surface area contributed by atoms with Crippen molar-refractivity contribution >= 4 is 40.3 Å². The molecule has 0 aliphatic carbocycles. The van der Waals surface area contributed by atoms with E-state index in [1.54, 1.807) is 20.8 Å². The van der Waals surface area contributed by atoms with Gasteiger partial charge in [-0.2, -0.15) is 9.28 Å². The number of ether oxygens (including phenoxy) is 1. The molecule has 0 aliphatic rings. The number of rotatable bonds is 5. The number of hydrogen-bond acceptors (Lipinski definition) is 9.